The maximum Gasteiger partial charge on any atom is 0.169 e. The molecule has 70 valence electrons. The summed E-state index contributed by atoms with van der Waals surface area (Å²) in [5.74, 6) is 0. The second kappa shape index (κ2) is 7.30. The maximum atomic E-state index is 6.25. The van der Waals surface area contributed by atoms with Crippen molar-refractivity contribution in [1.82, 2.24) is 0 Å². The summed E-state index contributed by atoms with van der Waals surface area (Å²) in [5.41, 5.74) is 1.33. The van der Waals surface area contributed by atoms with Gasteiger partial charge in [0, 0.05) is 18.6 Å². The van der Waals surface area contributed by atoms with E-state index < -0.39 is 0 Å². The third kappa shape index (κ3) is 4.97. The third-order valence-corrected chi connectivity index (χ3v) is 1.83. The molecule has 0 bridgehead atoms. The van der Waals surface area contributed by atoms with E-state index in [1.165, 1.54) is 18.4 Å². The van der Waals surface area contributed by atoms with Gasteiger partial charge in [0.05, 0.1) is 0 Å². The highest BCUT2D eigenvalue weighted by atomic mass is 14.9. The van der Waals surface area contributed by atoms with Gasteiger partial charge < -0.3 is 11.8 Å². The molecule has 0 radical (unpaired) electrons. The van der Waals surface area contributed by atoms with Gasteiger partial charge in [-0.15, -0.1) is 0 Å². The first-order valence-electron chi connectivity index (χ1n) is 4.51. The number of hydrogen-bond acceptors (Lipinski definition) is 1. The number of pyridine rings is 1. The van der Waals surface area contributed by atoms with Gasteiger partial charge in [-0.3, -0.25) is 0 Å². The molecule has 0 saturated heterocycles. The second-order valence-electron chi connectivity index (χ2n) is 2.97. The van der Waals surface area contributed by atoms with E-state index in [4.69, 9.17) is 11.8 Å². The van der Waals surface area contributed by atoms with Crippen molar-refractivity contribution < 1.29 is 4.57 Å². The van der Waals surface area contributed by atoms with Gasteiger partial charge >= 0.3 is 0 Å². The fourth-order valence-electron chi connectivity index (χ4n) is 1.02. The van der Waals surface area contributed by atoms with Crippen molar-refractivity contribution in [3.63, 3.8) is 0 Å². The van der Waals surface area contributed by atoms with E-state index >= 15 is 0 Å². The molecule has 0 aromatic carbocycles. The van der Waals surface area contributed by atoms with Crippen LogP contribution in [0.15, 0.2) is 24.5 Å². The summed E-state index contributed by atoms with van der Waals surface area (Å²) in [4.78, 5) is 0. The molecule has 0 unspecified atom stereocenters. The first-order chi connectivity index (χ1) is 6.33. The van der Waals surface area contributed by atoms with Crippen LogP contribution in [0.4, 0.5) is 0 Å². The van der Waals surface area contributed by atoms with Crippen molar-refractivity contribution in [2.45, 2.75) is 33.2 Å². The van der Waals surface area contributed by atoms with Crippen molar-refractivity contribution >= 4 is 0 Å². The van der Waals surface area contributed by atoms with E-state index in [2.05, 4.69) is 42.9 Å². The van der Waals surface area contributed by atoms with Gasteiger partial charge in [-0.1, -0.05) is 13.3 Å². The van der Waals surface area contributed by atoms with Crippen LogP contribution >= 0.6 is 0 Å². The zero-order valence-electron chi connectivity index (χ0n) is 8.33. The van der Waals surface area contributed by atoms with Crippen LogP contribution in [0, 0.1) is 18.8 Å². The number of hydrogen-bond donors (Lipinski definition) is 0. The molecule has 1 rings (SSSR count). The molecule has 1 aromatic rings. The number of unbranched alkanes of at least 4 members (excludes halogenated alkanes) is 1. The monoisotopic (exact) mass is 176 g/mol. The Morgan fingerprint density at radius 3 is 2.31 bits per heavy atom. The molecule has 1 aromatic heterocycles. The van der Waals surface area contributed by atoms with Crippen LogP contribution < -0.4 is 4.57 Å². The zero-order chi connectivity index (χ0) is 10.1. The summed E-state index contributed by atoms with van der Waals surface area (Å²) in [6.07, 6.45) is 6.82. The predicted octanol–water partition coefficient (Wildman–Crippen LogP) is 2.18. The topological polar surface area (TPSA) is 27.7 Å². The van der Waals surface area contributed by atoms with E-state index in [-0.39, 0.29) is 0 Å². The molecule has 0 aliphatic heterocycles. The highest BCUT2D eigenvalue weighted by molar-refractivity contribution is 5.03. The van der Waals surface area contributed by atoms with Crippen LogP contribution in [-0.4, -0.2) is 0 Å². The van der Waals surface area contributed by atoms with Crippen LogP contribution in [0.1, 0.15) is 25.3 Å². The van der Waals surface area contributed by atoms with Gasteiger partial charge in [0.2, 0.25) is 0 Å². The lowest BCUT2D eigenvalue weighted by atomic mass is 10.3. The Bertz CT molecular complexity index is 236. The second-order valence-corrected chi connectivity index (χ2v) is 2.97. The summed E-state index contributed by atoms with van der Waals surface area (Å²) in [7, 11) is 0. The van der Waals surface area contributed by atoms with Crippen molar-refractivity contribution in [2.75, 3.05) is 0 Å². The van der Waals surface area contributed by atoms with Gasteiger partial charge in [0.1, 0.15) is 6.54 Å². The summed E-state index contributed by atoms with van der Waals surface area (Å²) >= 11 is 0. The molecule has 0 N–H and O–H groups in total. The molecule has 0 aliphatic carbocycles. The Morgan fingerprint density at radius 2 is 1.85 bits per heavy atom. The average molecular weight is 176 g/mol. The Hall–Kier alpha value is -1.36. The first-order valence-corrected chi connectivity index (χ1v) is 4.51. The minimum Gasteiger partial charge on any atom is -0.512 e. The van der Waals surface area contributed by atoms with E-state index in [0.29, 0.717) is 0 Å². The summed E-state index contributed by atoms with van der Waals surface area (Å²) in [6.45, 7) is 10.2. The molecule has 0 aliphatic rings. The van der Waals surface area contributed by atoms with Crippen LogP contribution in [-0.2, 0) is 6.54 Å². The summed E-state index contributed by atoms with van der Waals surface area (Å²) in [5, 5.41) is 6.25. The molecule has 0 atom stereocenters. The van der Waals surface area contributed by atoms with E-state index in [9.17, 15) is 0 Å². The first kappa shape index (κ1) is 11.6. The molecule has 2 heteroatoms. The lowest BCUT2D eigenvalue weighted by Gasteiger charge is -1.94. The van der Waals surface area contributed by atoms with Gasteiger partial charge in [-0.05, 0) is 12.5 Å². The summed E-state index contributed by atoms with van der Waals surface area (Å²) < 4.78 is 2.23. The Balaban J connectivity index is 0.000000671. The molecule has 0 fully saturated rings. The molecule has 0 spiro atoms. The number of aromatic nitrogens is 1. The Morgan fingerprint density at radius 1 is 1.31 bits per heavy atom. The maximum absolute atomic E-state index is 6.25. The molecular weight excluding hydrogens is 160 g/mol. The molecule has 13 heavy (non-hydrogen) atoms. The number of aryl methyl sites for hydroxylation is 2. The van der Waals surface area contributed by atoms with Crippen molar-refractivity contribution in [1.29, 1.82) is 5.26 Å². The Kier molecular flexibility index (Phi) is 6.53. The highest BCUT2D eigenvalue weighted by Crippen LogP contribution is 1.91. The van der Waals surface area contributed by atoms with Gasteiger partial charge in [-0.2, -0.15) is 0 Å². The predicted molar refractivity (Wildman–Crippen MR) is 51.3 cm³/mol. The highest BCUT2D eigenvalue weighted by Gasteiger charge is 1.95. The van der Waals surface area contributed by atoms with Gasteiger partial charge in [0.25, 0.3) is 0 Å². The van der Waals surface area contributed by atoms with Gasteiger partial charge in [0.15, 0.2) is 12.4 Å². The van der Waals surface area contributed by atoms with Crippen molar-refractivity contribution in [3.05, 3.63) is 36.7 Å². The van der Waals surface area contributed by atoms with Gasteiger partial charge in [-0.25, -0.2) is 4.57 Å². The fraction of sp³-hybridized carbons (Fsp3) is 0.455. The third-order valence-electron chi connectivity index (χ3n) is 1.83. The minimum absolute atomic E-state index is 1.15. The quantitative estimate of drug-likeness (QED) is 0.512. The molecule has 1 heterocycles. The van der Waals surface area contributed by atoms with E-state index in [1.54, 1.807) is 0 Å². The number of rotatable bonds is 3. The standard InChI is InChI=1S/C10H16N.CN/c1-3-4-7-11-8-5-10(2)6-9-11;1-2/h5-6,8-9H,3-4,7H2,1-2H3;/q+1;-1. The van der Waals surface area contributed by atoms with Crippen molar-refractivity contribution in [3.8, 4) is 0 Å². The normalized spacial score (nSPS) is 8.62. The summed E-state index contributed by atoms with van der Waals surface area (Å²) in [6, 6.07) is 4.30. The van der Waals surface area contributed by atoms with E-state index in [1.807, 2.05) is 0 Å². The Labute approximate surface area is 80.4 Å². The zero-order valence-corrected chi connectivity index (χ0v) is 8.33. The van der Waals surface area contributed by atoms with Crippen LogP contribution in [0.3, 0.4) is 0 Å². The molecule has 0 saturated carbocycles. The van der Waals surface area contributed by atoms with Crippen LogP contribution in [0.25, 0.3) is 0 Å². The van der Waals surface area contributed by atoms with Crippen LogP contribution in [0.5, 0.6) is 0 Å². The average Bonchev–Trinajstić information content (AvgIpc) is 2.20. The molecule has 0 amide bonds. The largest absolute Gasteiger partial charge is 0.512 e. The fourth-order valence-corrected chi connectivity index (χ4v) is 1.02. The smallest absolute Gasteiger partial charge is 0.169 e. The lowest BCUT2D eigenvalue weighted by Crippen LogP contribution is -2.32. The van der Waals surface area contributed by atoms with Crippen molar-refractivity contribution in [2.24, 2.45) is 0 Å². The lowest BCUT2D eigenvalue weighted by molar-refractivity contribution is -0.697. The number of nitrogens with zero attached hydrogens (tertiary/aromatic N) is 2. The molecular formula is C11H16N2. The van der Waals surface area contributed by atoms with Crippen LogP contribution in [0.2, 0.25) is 0 Å². The van der Waals surface area contributed by atoms with E-state index in [0.717, 1.165) is 6.54 Å². The molecule has 2 nitrogen and oxygen atoms in total. The SMILES string of the molecule is CCCC[n+]1ccc(C)cc1.[C-]#N. The minimum atomic E-state index is 1.15.